The number of benzene rings is 9. The van der Waals surface area contributed by atoms with Gasteiger partial charge in [-0.25, -0.2) is 0 Å². The van der Waals surface area contributed by atoms with Gasteiger partial charge in [-0.1, -0.05) is 166 Å². The minimum absolute atomic E-state index is 0.0426. The molecule has 1 nitrogen and oxygen atoms in total. The summed E-state index contributed by atoms with van der Waals surface area (Å²) in [5, 5.41) is 5.04. The highest BCUT2D eigenvalue weighted by Gasteiger charge is 2.35. The van der Waals surface area contributed by atoms with Crippen molar-refractivity contribution in [3.05, 3.63) is 211 Å². The minimum atomic E-state index is -0.0426. The molecule has 10 rings (SSSR count). The first-order valence-corrected chi connectivity index (χ1v) is 18.8. The maximum atomic E-state index is 2.40. The smallest absolute Gasteiger partial charge is 0.0468 e. The Morgan fingerprint density at radius 2 is 0.852 bits per heavy atom. The van der Waals surface area contributed by atoms with Crippen molar-refractivity contribution in [2.24, 2.45) is 0 Å². The van der Waals surface area contributed by atoms with E-state index in [2.05, 4.69) is 219 Å². The van der Waals surface area contributed by atoms with Crippen molar-refractivity contribution in [3.63, 3.8) is 0 Å². The van der Waals surface area contributed by atoms with E-state index in [1.54, 1.807) is 0 Å². The minimum Gasteiger partial charge on any atom is -0.310 e. The Labute approximate surface area is 317 Å². The summed E-state index contributed by atoms with van der Waals surface area (Å²) >= 11 is 0. The van der Waals surface area contributed by atoms with Crippen LogP contribution in [0.25, 0.3) is 66.1 Å². The first-order valence-electron chi connectivity index (χ1n) is 18.8. The van der Waals surface area contributed by atoms with Gasteiger partial charge in [-0.3, -0.25) is 0 Å². The molecule has 0 spiro atoms. The van der Waals surface area contributed by atoms with Crippen LogP contribution in [0.1, 0.15) is 25.0 Å². The van der Waals surface area contributed by atoms with Crippen LogP contribution >= 0.6 is 0 Å². The third-order valence-electron chi connectivity index (χ3n) is 11.5. The zero-order valence-electron chi connectivity index (χ0n) is 30.5. The van der Waals surface area contributed by atoms with Gasteiger partial charge in [-0.2, -0.15) is 0 Å². The molecule has 0 heterocycles. The second-order valence-electron chi connectivity index (χ2n) is 15.0. The van der Waals surface area contributed by atoms with Gasteiger partial charge in [-0.15, -0.1) is 0 Å². The summed E-state index contributed by atoms with van der Waals surface area (Å²) in [5.41, 5.74) is 16.0. The van der Waals surface area contributed by atoms with Crippen molar-refractivity contribution in [1.82, 2.24) is 0 Å². The largest absolute Gasteiger partial charge is 0.310 e. The van der Waals surface area contributed by atoms with E-state index in [1.165, 1.54) is 77.2 Å². The third kappa shape index (κ3) is 5.40. The molecule has 54 heavy (non-hydrogen) atoms. The fourth-order valence-corrected chi connectivity index (χ4v) is 8.61. The van der Waals surface area contributed by atoms with Crippen molar-refractivity contribution < 1.29 is 0 Å². The van der Waals surface area contributed by atoms with Crippen molar-refractivity contribution in [1.29, 1.82) is 0 Å². The summed E-state index contributed by atoms with van der Waals surface area (Å²) in [6.45, 7) is 4.68. The Kier molecular flexibility index (Phi) is 7.56. The first kappa shape index (κ1) is 32.0. The molecule has 256 valence electrons. The summed E-state index contributed by atoms with van der Waals surface area (Å²) in [6.07, 6.45) is 0. The molecule has 1 aliphatic carbocycles. The van der Waals surface area contributed by atoms with E-state index >= 15 is 0 Å². The van der Waals surface area contributed by atoms with Crippen molar-refractivity contribution >= 4 is 38.6 Å². The van der Waals surface area contributed by atoms with Gasteiger partial charge in [0.05, 0.1) is 0 Å². The Bertz CT molecular complexity index is 2840. The molecule has 1 aliphatic rings. The highest BCUT2D eigenvalue weighted by atomic mass is 15.1. The number of anilines is 3. The first-order chi connectivity index (χ1) is 26.5. The van der Waals surface area contributed by atoms with Gasteiger partial charge in [-0.05, 0) is 126 Å². The molecule has 0 fully saturated rings. The lowest BCUT2D eigenvalue weighted by Crippen LogP contribution is -2.15. The quantitative estimate of drug-likeness (QED) is 0.168. The maximum absolute atomic E-state index is 2.40. The monoisotopic (exact) mass is 689 g/mol. The van der Waals surface area contributed by atoms with Gasteiger partial charge in [0.2, 0.25) is 0 Å². The van der Waals surface area contributed by atoms with E-state index in [-0.39, 0.29) is 5.41 Å². The van der Waals surface area contributed by atoms with Gasteiger partial charge in [0, 0.05) is 22.5 Å². The van der Waals surface area contributed by atoms with E-state index < -0.39 is 0 Å². The number of hydrogen-bond acceptors (Lipinski definition) is 1. The third-order valence-corrected chi connectivity index (χ3v) is 11.5. The van der Waals surface area contributed by atoms with Gasteiger partial charge in [0.15, 0.2) is 0 Å². The van der Waals surface area contributed by atoms with Crippen LogP contribution in [0.5, 0.6) is 0 Å². The lowest BCUT2D eigenvalue weighted by atomic mass is 9.82. The predicted molar refractivity (Wildman–Crippen MR) is 230 cm³/mol. The summed E-state index contributed by atoms with van der Waals surface area (Å²) in [7, 11) is 0. The Morgan fingerprint density at radius 1 is 0.315 bits per heavy atom. The van der Waals surface area contributed by atoms with Crippen LogP contribution in [-0.4, -0.2) is 0 Å². The zero-order chi connectivity index (χ0) is 36.2. The van der Waals surface area contributed by atoms with E-state index in [0.717, 1.165) is 17.1 Å². The SMILES string of the molecule is CC1(C)c2ccccc2-c2cc(N(c3ccc(-c4cccc(-c5cccc6ccccc56)c4)cc3)c3ccc(-c4ccc5ccccc5c4)cc3)ccc21. The Hall–Kier alpha value is -6.70. The lowest BCUT2D eigenvalue weighted by molar-refractivity contribution is 0.660. The van der Waals surface area contributed by atoms with Crippen molar-refractivity contribution in [2.45, 2.75) is 19.3 Å². The fourth-order valence-electron chi connectivity index (χ4n) is 8.61. The van der Waals surface area contributed by atoms with Crippen molar-refractivity contribution in [3.8, 4) is 44.5 Å². The molecule has 0 atom stereocenters. The highest BCUT2D eigenvalue weighted by Crippen LogP contribution is 2.50. The average Bonchev–Trinajstić information content (AvgIpc) is 3.46. The van der Waals surface area contributed by atoms with Gasteiger partial charge in [0.25, 0.3) is 0 Å². The second kappa shape index (κ2) is 12.8. The molecule has 0 amide bonds. The number of nitrogens with zero attached hydrogens (tertiary/aromatic N) is 1. The zero-order valence-corrected chi connectivity index (χ0v) is 30.5. The molecule has 0 radical (unpaired) electrons. The van der Waals surface area contributed by atoms with E-state index in [4.69, 9.17) is 0 Å². The summed E-state index contributed by atoms with van der Waals surface area (Å²) in [6, 6.07) is 73.4. The molecule has 1 heteroatoms. The van der Waals surface area contributed by atoms with E-state index in [1.807, 2.05) is 0 Å². The van der Waals surface area contributed by atoms with Crippen LogP contribution < -0.4 is 4.90 Å². The van der Waals surface area contributed by atoms with E-state index in [9.17, 15) is 0 Å². The van der Waals surface area contributed by atoms with Crippen LogP contribution in [0, 0.1) is 0 Å². The number of rotatable bonds is 6. The Morgan fingerprint density at radius 3 is 1.63 bits per heavy atom. The fraction of sp³-hybridized carbons (Fsp3) is 0.0566. The van der Waals surface area contributed by atoms with Crippen LogP contribution in [0.2, 0.25) is 0 Å². The molecule has 0 N–H and O–H groups in total. The molecule has 0 unspecified atom stereocenters. The van der Waals surface area contributed by atoms with E-state index in [0.29, 0.717) is 0 Å². The Balaban J connectivity index is 1.05. The molecule has 9 aromatic carbocycles. The maximum Gasteiger partial charge on any atom is 0.0468 e. The van der Waals surface area contributed by atoms with Crippen LogP contribution in [-0.2, 0) is 5.41 Å². The average molecular weight is 690 g/mol. The predicted octanol–water partition coefficient (Wildman–Crippen LogP) is 14.8. The van der Waals surface area contributed by atoms with Crippen LogP contribution in [0.15, 0.2) is 200 Å². The summed E-state index contributed by atoms with van der Waals surface area (Å²) in [4.78, 5) is 2.40. The second-order valence-corrected chi connectivity index (χ2v) is 15.0. The van der Waals surface area contributed by atoms with Crippen molar-refractivity contribution in [2.75, 3.05) is 4.90 Å². The lowest BCUT2D eigenvalue weighted by Gasteiger charge is -2.27. The highest BCUT2D eigenvalue weighted by molar-refractivity contribution is 5.97. The molecule has 0 aliphatic heterocycles. The molecular weight excluding hydrogens is 651 g/mol. The molecule has 0 aromatic heterocycles. The van der Waals surface area contributed by atoms with Crippen LogP contribution in [0.3, 0.4) is 0 Å². The topological polar surface area (TPSA) is 3.24 Å². The molecule has 0 bridgehead atoms. The molecule has 0 saturated heterocycles. The van der Waals surface area contributed by atoms with Gasteiger partial charge >= 0.3 is 0 Å². The normalized spacial score (nSPS) is 12.8. The van der Waals surface area contributed by atoms with Crippen LogP contribution in [0.4, 0.5) is 17.1 Å². The summed E-state index contributed by atoms with van der Waals surface area (Å²) in [5.74, 6) is 0. The number of hydrogen-bond donors (Lipinski definition) is 0. The number of fused-ring (bicyclic) bond motifs is 5. The molecular formula is C53H39N. The summed E-state index contributed by atoms with van der Waals surface area (Å²) < 4.78 is 0. The molecule has 0 saturated carbocycles. The van der Waals surface area contributed by atoms with Gasteiger partial charge < -0.3 is 4.90 Å². The molecule has 9 aromatic rings. The standard InChI is InChI=1S/C53H39N/c1-53(2)51-20-8-7-18-49(51)50-35-46(31-32-52(50)53)54(45-29-25-38(26-30-45)42-22-21-36-11-3-4-13-40(36)33-42)44-27-23-37(24-28-44)41-15-9-16-43(34-41)48-19-10-14-39-12-5-6-17-47(39)48/h3-35H,1-2H3. The van der Waals surface area contributed by atoms with Gasteiger partial charge in [0.1, 0.15) is 0 Å².